The van der Waals surface area contributed by atoms with Gasteiger partial charge in [0.25, 0.3) is 11.8 Å². The molecule has 0 fully saturated rings. The summed E-state index contributed by atoms with van der Waals surface area (Å²) in [6, 6.07) is 21.2. The molecule has 0 heterocycles. The van der Waals surface area contributed by atoms with E-state index in [4.69, 9.17) is 0 Å². The van der Waals surface area contributed by atoms with E-state index < -0.39 is 0 Å². The minimum Gasteiger partial charge on any atom is -0.332 e. The zero-order chi connectivity index (χ0) is 22.4. The summed E-state index contributed by atoms with van der Waals surface area (Å²) < 4.78 is 0. The summed E-state index contributed by atoms with van der Waals surface area (Å²) in [6.07, 6.45) is 0. The molecule has 0 aliphatic heterocycles. The van der Waals surface area contributed by atoms with Crippen LogP contribution in [-0.2, 0) is 4.79 Å². The quantitative estimate of drug-likeness (QED) is 0.631. The van der Waals surface area contributed by atoms with E-state index >= 15 is 0 Å². The second-order valence-electron chi connectivity index (χ2n) is 7.32. The number of hydrogen-bond donors (Lipinski definition) is 2. The van der Waals surface area contributed by atoms with Crippen LogP contribution in [0.2, 0.25) is 0 Å². The lowest BCUT2D eigenvalue weighted by atomic mass is 10.1. The Hall–Kier alpha value is -3.93. The molecule has 0 saturated heterocycles. The van der Waals surface area contributed by atoms with E-state index in [1.165, 1.54) is 4.90 Å². The van der Waals surface area contributed by atoms with Gasteiger partial charge in [-0.3, -0.25) is 14.4 Å². The van der Waals surface area contributed by atoms with Crippen LogP contribution in [0.1, 0.15) is 31.8 Å². The van der Waals surface area contributed by atoms with Crippen LogP contribution in [0.5, 0.6) is 0 Å². The first-order valence-corrected chi connectivity index (χ1v) is 9.94. The van der Waals surface area contributed by atoms with Gasteiger partial charge in [-0.15, -0.1) is 0 Å². The minimum atomic E-state index is -0.361. The number of aryl methyl sites for hydroxylation is 1. The molecule has 3 aromatic carbocycles. The highest BCUT2D eigenvalue weighted by atomic mass is 16.2. The van der Waals surface area contributed by atoms with Crippen molar-refractivity contribution in [1.29, 1.82) is 0 Å². The molecule has 3 amide bonds. The van der Waals surface area contributed by atoms with E-state index in [0.717, 1.165) is 16.8 Å². The van der Waals surface area contributed by atoms with Crippen molar-refractivity contribution in [2.45, 2.75) is 13.8 Å². The molecule has 0 aromatic heterocycles. The molecule has 0 aliphatic rings. The molecule has 0 unspecified atom stereocenters. The van der Waals surface area contributed by atoms with Crippen molar-refractivity contribution in [3.05, 3.63) is 95.1 Å². The van der Waals surface area contributed by atoms with Gasteiger partial charge >= 0.3 is 0 Å². The summed E-state index contributed by atoms with van der Waals surface area (Å²) in [6.45, 7) is 3.79. The number of carbonyl (C=O) groups is 3. The average Bonchev–Trinajstić information content (AvgIpc) is 2.77. The Morgan fingerprint density at radius 2 is 1.42 bits per heavy atom. The summed E-state index contributed by atoms with van der Waals surface area (Å²) in [7, 11) is 1.56. The normalized spacial score (nSPS) is 10.3. The van der Waals surface area contributed by atoms with E-state index in [0.29, 0.717) is 16.8 Å². The predicted molar refractivity (Wildman–Crippen MR) is 122 cm³/mol. The highest BCUT2D eigenvalue weighted by Gasteiger charge is 2.19. The summed E-state index contributed by atoms with van der Waals surface area (Å²) in [5.41, 5.74) is 3.98. The first kappa shape index (κ1) is 21.8. The molecule has 0 spiro atoms. The number of amides is 3. The summed E-state index contributed by atoms with van der Waals surface area (Å²) in [5.74, 6) is -0.966. The maximum absolute atomic E-state index is 13.0. The predicted octanol–water partition coefficient (Wildman–Crippen LogP) is 4.27. The standard InChI is InChI=1S/C25H25N3O3/c1-17-10-9-15-21(18(17)2)26-23(29)16-28(3)25(31)20-13-7-8-14-22(20)27-24(30)19-11-5-4-6-12-19/h4-15H,16H2,1-3H3,(H,26,29)(H,27,30). The van der Waals surface area contributed by atoms with Crippen molar-refractivity contribution in [3.8, 4) is 0 Å². The van der Waals surface area contributed by atoms with Gasteiger partial charge in [0, 0.05) is 18.3 Å². The Kier molecular flexibility index (Phi) is 6.82. The monoisotopic (exact) mass is 415 g/mol. The van der Waals surface area contributed by atoms with Gasteiger partial charge in [-0.25, -0.2) is 0 Å². The van der Waals surface area contributed by atoms with Crippen LogP contribution in [0, 0.1) is 13.8 Å². The van der Waals surface area contributed by atoms with Gasteiger partial charge < -0.3 is 15.5 Å². The Morgan fingerprint density at radius 1 is 0.774 bits per heavy atom. The third-order valence-electron chi connectivity index (χ3n) is 5.05. The number of nitrogens with zero attached hydrogens (tertiary/aromatic N) is 1. The van der Waals surface area contributed by atoms with Crippen molar-refractivity contribution in [2.75, 3.05) is 24.2 Å². The molecular formula is C25H25N3O3. The molecule has 3 aromatic rings. The van der Waals surface area contributed by atoms with E-state index in [1.54, 1.807) is 55.6 Å². The van der Waals surface area contributed by atoms with Crippen LogP contribution < -0.4 is 10.6 Å². The van der Waals surface area contributed by atoms with Crippen LogP contribution in [-0.4, -0.2) is 36.2 Å². The Labute approximate surface area is 181 Å². The summed E-state index contributed by atoms with van der Waals surface area (Å²) >= 11 is 0. The molecule has 0 radical (unpaired) electrons. The minimum absolute atomic E-state index is 0.118. The van der Waals surface area contributed by atoms with E-state index in [-0.39, 0.29) is 24.3 Å². The molecule has 158 valence electrons. The number of likely N-dealkylation sites (N-methyl/N-ethyl adjacent to an activating group) is 1. The van der Waals surface area contributed by atoms with Gasteiger partial charge in [0.05, 0.1) is 17.8 Å². The van der Waals surface area contributed by atoms with Crippen LogP contribution in [0.3, 0.4) is 0 Å². The van der Waals surface area contributed by atoms with Gasteiger partial charge in [0.1, 0.15) is 0 Å². The van der Waals surface area contributed by atoms with Crippen molar-refractivity contribution in [3.63, 3.8) is 0 Å². The van der Waals surface area contributed by atoms with Crippen LogP contribution in [0.15, 0.2) is 72.8 Å². The molecule has 3 rings (SSSR count). The second kappa shape index (κ2) is 9.71. The first-order chi connectivity index (χ1) is 14.9. The van der Waals surface area contributed by atoms with E-state index in [2.05, 4.69) is 10.6 Å². The van der Waals surface area contributed by atoms with Crippen molar-refractivity contribution in [1.82, 2.24) is 4.90 Å². The van der Waals surface area contributed by atoms with Crippen LogP contribution in [0.25, 0.3) is 0 Å². The zero-order valence-electron chi connectivity index (χ0n) is 17.8. The molecule has 2 N–H and O–H groups in total. The molecule has 0 aliphatic carbocycles. The zero-order valence-corrected chi connectivity index (χ0v) is 17.8. The molecule has 0 atom stereocenters. The molecule has 0 saturated carbocycles. The fourth-order valence-corrected chi connectivity index (χ4v) is 3.13. The van der Waals surface area contributed by atoms with Crippen molar-refractivity contribution in [2.24, 2.45) is 0 Å². The van der Waals surface area contributed by atoms with Gasteiger partial charge in [0.15, 0.2) is 0 Å². The van der Waals surface area contributed by atoms with Gasteiger partial charge in [-0.1, -0.05) is 42.5 Å². The molecular weight excluding hydrogens is 390 g/mol. The smallest absolute Gasteiger partial charge is 0.256 e. The Morgan fingerprint density at radius 3 is 2.16 bits per heavy atom. The first-order valence-electron chi connectivity index (χ1n) is 9.94. The Balaban J connectivity index is 1.70. The maximum Gasteiger partial charge on any atom is 0.256 e. The van der Waals surface area contributed by atoms with E-state index in [9.17, 15) is 14.4 Å². The fourth-order valence-electron chi connectivity index (χ4n) is 3.13. The number of rotatable bonds is 6. The largest absolute Gasteiger partial charge is 0.332 e. The highest BCUT2D eigenvalue weighted by Crippen LogP contribution is 2.20. The second-order valence-corrected chi connectivity index (χ2v) is 7.32. The number of anilines is 2. The number of carbonyl (C=O) groups excluding carboxylic acids is 3. The van der Waals surface area contributed by atoms with Gasteiger partial charge in [-0.2, -0.15) is 0 Å². The number of para-hydroxylation sites is 1. The SMILES string of the molecule is Cc1cccc(NC(=O)CN(C)C(=O)c2ccccc2NC(=O)c2ccccc2)c1C. The summed E-state index contributed by atoms with van der Waals surface area (Å²) in [4.78, 5) is 39.3. The maximum atomic E-state index is 13.0. The number of nitrogens with one attached hydrogen (secondary N) is 2. The molecule has 6 heteroatoms. The lowest BCUT2D eigenvalue weighted by Gasteiger charge is -2.19. The van der Waals surface area contributed by atoms with Crippen molar-refractivity contribution >= 4 is 29.1 Å². The third kappa shape index (κ3) is 5.36. The molecule has 0 bridgehead atoms. The highest BCUT2D eigenvalue weighted by molar-refractivity contribution is 6.09. The van der Waals surface area contributed by atoms with Crippen molar-refractivity contribution < 1.29 is 14.4 Å². The summed E-state index contributed by atoms with van der Waals surface area (Å²) in [5, 5.41) is 5.64. The topological polar surface area (TPSA) is 78.5 Å². The lowest BCUT2D eigenvalue weighted by Crippen LogP contribution is -2.35. The number of hydrogen-bond acceptors (Lipinski definition) is 3. The third-order valence-corrected chi connectivity index (χ3v) is 5.05. The van der Waals surface area contributed by atoms with Crippen LogP contribution in [0.4, 0.5) is 11.4 Å². The van der Waals surface area contributed by atoms with Gasteiger partial charge in [0.2, 0.25) is 5.91 Å². The van der Waals surface area contributed by atoms with E-state index in [1.807, 2.05) is 38.1 Å². The lowest BCUT2D eigenvalue weighted by molar-refractivity contribution is -0.116. The van der Waals surface area contributed by atoms with Crippen LogP contribution >= 0.6 is 0 Å². The fraction of sp³-hybridized carbons (Fsp3) is 0.160. The van der Waals surface area contributed by atoms with Gasteiger partial charge in [-0.05, 0) is 55.3 Å². The average molecular weight is 415 g/mol. The molecule has 31 heavy (non-hydrogen) atoms. The molecule has 6 nitrogen and oxygen atoms in total. The Bertz CT molecular complexity index is 1110. The number of benzene rings is 3.